The zero-order valence-corrected chi connectivity index (χ0v) is 20.5. The second kappa shape index (κ2) is 10.9. The maximum atomic E-state index is 14.9. The van der Waals surface area contributed by atoms with Gasteiger partial charge in [-0.1, -0.05) is 38.0 Å². The van der Waals surface area contributed by atoms with Gasteiger partial charge >= 0.3 is 6.18 Å². The van der Waals surface area contributed by atoms with E-state index in [1.54, 1.807) is 6.07 Å². The van der Waals surface area contributed by atoms with E-state index in [1.165, 1.54) is 29.5 Å². The van der Waals surface area contributed by atoms with Crippen LogP contribution in [0.2, 0.25) is 0 Å². The highest BCUT2D eigenvalue weighted by atomic mass is 32.1. The van der Waals surface area contributed by atoms with E-state index in [2.05, 4.69) is 22.4 Å². The smallest absolute Gasteiger partial charge is 0.298 e. The van der Waals surface area contributed by atoms with E-state index in [9.17, 15) is 22.4 Å². The molecule has 0 saturated heterocycles. The minimum absolute atomic E-state index is 0.0839. The SMILES string of the molecule is CCCCC(Cc1ccc(C2=NC(C=O)ON2)c(F)c1)c1sc(-c2ccc(C(F)(F)F)cc2)nc1C. The van der Waals surface area contributed by atoms with Crippen LogP contribution in [-0.4, -0.2) is 23.3 Å². The summed E-state index contributed by atoms with van der Waals surface area (Å²) in [6, 6.07) is 9.91. The molecule has 4 rings (SSSR count). The second-order valence-electron chi connectivity index (χ2n) is 8.63. The predicted molar refractivity (Wildman–Crippen MR) is 130 cm³/mol. The van der Waals surface area contributed by atoms with Crippen LogP contribution in [0.15, 0.2) is 47.5 Å². The van der Waals surface area contributed by atoms with E-state index in [0.29, 0.717) is 23.3 Å². The Labute approximate surface area is 210 Å². The molecule has 2 unspecified atom stereocenters. The third-order valence-electron chi connectivity index (χ3n) is 5.99. The number of hydrogen-bond acceptors (Lipinski definition) is 6. The third-order valence-corrected chi connectivity index (χ3v) is 7.36. The molecule has 0 spiro atoms. The van der Waals surface area contributed by atoms with Gasteiger partial charge in [0.1, 0.15) is 10.8 Å². The average molecular weight is 520 g/mol. The number of alkyl halides is 3. The summed E-state index contributed by atoms with van der Waals surface area (Å²) in [4.78, 5) is 25.4. The Morgan fingerprint density at radius 1 is 1.19 bits per heavy atom. The largest absolute Gasteiger partial charge is 0.416 e. The number of nitrogens with one attached hydrogen (secondary N) is 1. The number of amidine groups is 1. The molecule has 5 nitrogen and oxygen atoms in total. The monoisotopic (exact) mass is 519 g/mol. The molecule has 1 aliphatic rings. The number of halogens is 4. The number of aldehydes is 1. The molecule has 1 N–H and O–H groups in total. The lowest BCUT2D eigenvalue weighted by molar-refractivity contribution is -0.137. The number of hydrogen-bond donors (Lipinski definition) is 1. The number of thiazole rings is 1. The van der Waals surface area contributed by atoms with Crippen LogP contribution in [-0.2, 0) is 22.2 Å². The first kappa shape index (κ1) is 26.0. The highest BCUT2D eigenvalue weighted by molar-refractivity contribution is 7.15. The third kappa shape index (κ3) is 5.82. The van der Waals surface area contributed by atoms with Crippen molar-refractivity contribution >= 4 is 23.5 Å². The van der Waals surface area contributed by atoms with Crippen molar-refractivity contribution in [3.8, 4) is 10.6 Å². The van der Waals surface area contributed by atoms with Crippen LogP contribution in [0.3, 0.4) is 0 Å². The molecule has 1 aliphatic heterocycles. The van der Waals surface area contributed by atoms with Crippen LogP contribution in [0.4, 0.5) is 17.6 Å². The molecule has 190 valence electrons. The van der Waals surface area contributed by atoms with Gasteiger partial charge in [-0.15, -0.1) is 11.3 Å². The Kier molecular flexibility index (Phi) is 7.85. The number of rotatable bonds is 9. The summed E-state index contributed by atoms with van der Waals surface area (Å²) in [5, 5.41) is 0.661. The summed E-state index contributed by atoms with van der Waals surface area (Å²) in [5.74, 6) is -0.228. The standard InChI is InChI=1S/C26H25F4N3O2S/c1-3-4-5-18(12-16-6-11-20(21(27)13-16)24-32-22(14-34)35-33-24)23-15(2)31-25(36-23)17-7-9-19(10-8-17)26(28,29)30/h6-11,13-14,18,22H,3-5,12H2,1-2H3,(H,32,33). The average Bonchev–Trinajstić information content (AvgIpc) is 3.48. The lowest BCUT2D eigenvalue weighted by Gasteiger charge is -2.16. The Morgan fingerprint density at radius 2 is 1.94 bits per heavy atom. The summed E-state index contributed by atoms with van der Waals surface area (Å²) in [5.41, 5.74) is 4.25. The van der Waals surface area contributed by atoms with Crippen LogP contribution >= 0.6 is 11.3 Å². The van der Waals surface area contributed by atoms with Crippen molar-refractivity contribution in [2.75, 3.05) is 0 Å². The molecule has 10 heteroatoms. The molecule has 0 amide bonds. The van der Waals surface area contributed by atoms with E-state index in [4.69, 9.17) is 4.84 Å². The molecule has 0 saturated carbocycles. The number of benzene rings is 2. The molecular formula is C26H25F4N3O2S. The van der Waals surface area contributed by atoms with E-state index < -0.39 is 23.8 Å². The van der Waals surface area contributed by atoms with E-state index in [-0.39, 0.29) is 17.3 Å². The minimum atomic E-state index is -4.39. The van der Waals surface area contributed by atoms with Gasteiger partial charge < -0.3 is 0 Å². The molecule has 0 fully saturated rings. The fourth-order valence-corrected chi connectivity index (χ4v) is 5.34. The molecule has 36 heavy (non-hydrogen) atoms. The van der Waals surface area contributed by atoms with Gasteiger partial charge in [-0.05, 0) is 55.5 Å². The zero-order chi connectivity index (χ0) is 25.9. The maximum Gasteiger partial charge on any atom is 0.416 e. The molecule has 2 atom stereocenters. The summed E-state index contributed by atoms with van der Waals surface area (Å²) >= 11 is 1.47. The summed E-state index contributed by atoms with van der Waals surface area (Å²) in [6.45, 7) is 4.00. The van der Waals surface area contributed by atoms with Crippen LogP contribution in [0.25, 0.3) is 10.6 Å². The molecule has 0 radical (unpaired) electrons. The number of unbranched alkanes of at least 4 members (excludes halogenated alkanes) is 1. The molecule has 2 heterocycles. The molecule has 0 aliphatic carbocycles. The Balaban J connectivity index is 1.57. The van der Waals surface area contributed by atoms with Gasteiger partial charge in [-0.2, -0.15) is 13.2 Å². The fraction of sp³-hybridized carbons (Fsp3) is 0.346. The number of aliphatic imine (C=N–C) groups is 1. The van der Waals surface area contributed by atoms with Crippen molar-refractivity contribution in [1.29, 1.82) is 0 Å². The van der Waals surface area contributed by atoms with Gasteiger partial charge in [0.2, 0.25) is 6.23 Å². The number of carbonyl (C=O) groups is 1. The number of aromatic nitrogens is 1. The van der Waals surface area contributed by atoms with Crippen molar-refractivity contribution in [2.24, 2.45) is 4.99 Å². The van der Waals surface area contributed by atoms with Crippen LogP contribution in [0.5, 0.6) is 0 Å². The van der Waals surface area contributed by atoms with Gasteiger partial charge in [0.05, 0.1) is 16.8 Å². The van der Waals surface area contributed by atoms with E-state index in [0.717, 1.165) is 47.5 Å². The first-order valence-electron chi connectivity index (χ1n) is 11.6. The number of carbonyl (C=O) groups excluding carboxylic acids is 1. The second-order valence-corrected chi connectivity index (χ2v) is 9.66. The Bertz CT molecular complexity index is 1260. The van der Waals surface area contributed by atoms with Crippen molar-refractivity contribution in [1.82, 2.24) is 10.5 Å². The normalized spacial score (nSPS) is 16.5. The van der Waals surface area contributed by atoms with Crippen molar-refractivity contribution in [3.05, 3.63) is 75.5 Å². The first-order chi connectivity index (χ1) is 17.2. The molecular weight excluding hydrogens is 494 g/mol. The lowest BCUT2D eigenvalue weighted by atomic mass is 9.91. The van der Waals surface area contributed by atoms with Gasteiger partial charge in [0.25, 0.3) is 0 Å². The molecule has 1 aromatic heterocycles. The lowest BCUT2D eigenvalue weighted by Crippen LogP contribution is -2.20. The molecule has 0 bridgehead atoms. The highest BCUT2D eigenvalue weighted by Gasteiger charge is 2.30. The van der Waals surface area contributed by atoms with E-state index >= 15 is 0 Å². The highest BCUT2D eigenvalue weighted by Crippen LogP contribution is 2.38. The van der Waals surface area contributed by atoms with Gasteiger partial charge in [0.15, 0.2) is 12.1 Å². The minimum Gasteiger partial charge on any atom is -0.298 e. The topological polar surface area (TPSA) is 63.6 Å². The van der Waals surface area contributed by atoms with Crippen LogP contribution in [0, 0.1) is 12.7 Å². The van der Waals surface area contributed by atoms with Crippen LogP contribution < -0.4 is 5.48 Å². The zero-order valence-electron chi connectivity index (χ0n) is 19.7. The van der Waals surface area contributed by atoms with Crippen molar-refractivity contribution in [2.45, 2.75) is 57.9 Å². The quantitative estimate of drug-likeness (QED) is 0.256. The van der Waals surface area contributed by atoms with Crippen molar-refractivity contribution < 1.29 is 27.2 Å². The van der Waals surface area contributed by atoms with Crippen LogP contribution in [0.1, 0.15) is 59.4 Å². The fourth-order valence-electron chi connectivity index (χ4n) is 4.13. The maximum absolute atomic E-state index is 14.9. The summed E-state index contributed by atoms with van der Waals surface area (Å²) in [6.07, 6.45) is -1.44. The Morgan fingerprint density at radius 3 is 2.56 bits per heavy atom. The summed E-state index contributed by atoms with van der Waals surface area (Å²) in [7, 11) is 0. The Hall–Kier alpha value is -3.11. The number of aryl methyl sites for hydroxylation is 1. The number of hydroxylamine groups is 1. The molecule has 2 aromatic carbocycles. The van der Waals surface area contributed by atoms with Gasteiger partial charge in [-0.3, -0.25) is 4.79 Å². The summed E-state index contributed by atoms with van der Waals surface area (Å²) < 4.78 is 53.7. The van der Waals surface area contributed by atoms with Gasteiger partial charge in [0, 0.05) is 10.4 Å². The predicted octanol–water partition coefficient (Wildman–Crippen LogP) is 6.60. The van der Waals surface area contributed by atoms with E-state index in [1.807, 2.05) is 13.0 Å². The van der Waals surface area contributed by atoms with Crippen molar-refractivity contribution in [3.63, 3.8) is 0 Å². The van der Waals surface area contributed by atoms with Gasteiger partial charge in [-0.25, -0.2) is 24.7 Å². The molecule has 3 aromatic rings. The number of nitrogens with zero attached hydrogens (tertiary/aromatic N) is 2. The first-order valence-corrected chi connectivity index (χ1v) is 12.4.